The van der Waals surface area contributed by atoms with Gasteiger partial charge in [0, 0.05) is 16.5 Å². The van der Waals surface area contributed by atoms with Crippen LogP contribution in [0.3, 0.4) is 0 Å². The molecule has 2 aromatic rings. The summed E-state index contributed by atoms with van der Waals surface area (Å²) in [5.74, 6) is 0. The van der Waals surface area contributed by atoms with Crippen molar-refractivity contribution in [1.29, 1.82) is 0 Å². The minimum absolute atomic E-state index is 0.0381. The average molecular weight is 347 g/mol. The largest absolute Gasteiger partial charge is 0.272 e. The van der Waals surface area contributed by atoms with Gasteiger partial charge in [-0.25, -0.2) is 0 Å². The number of halogens is 2. The van der Waals surface area contributed by atoms with E-state index in [2.05, 4.69) is 15.9 Å². The Kier molecular flexibility index (Phi) is 4.37. The van der Waals surface area contributed by atoms with E-state index >= 15 is 0 Å². The van der Waals surface area contributed by atoms with Gasteiger partial charge < -0.3 is 0 Å². The first kappa shape index (κ1) is 13.5. The van der Waals surface area contributed by atoms with E-state index in [0.717, 1.165) is 9.21 Å². The molecule has 0 N–H and O–H groups in total. The van der Waals surface area contributed by atoms with Crippen molar-refractivity contribution in [3.8, 4) is 0 Å². The molecule has 0 spiro atoms. The Bertz CT molecular complexity index is 573. The fourth-order valence-corrected chi connectivity index (χ4v) is 3.47. The van der Waals surface area contributed by atoms with E-state index in [4.69, 9.17) is 11.6 Å². The molecule has 0 bridgehead atoms. The smallest absolute Gasteiger partial charge is 0.258 e. The van der Waals surface area contributed by atoms with Crippen LogP contribution in [0.2, 0.25) is 4.34 Å². The number of nitro benzene ring substituents is 1. The Morgan fingerprint density at radius 1 is 1.33 bits per heavy atom. The molecule has 0 amide bonds. The molecular weight excluding hydrogens is 338 g/mol. The zero-order valence-corrected chi connectivity index (χ0v) is 12.3. The van der Waals surface area contributed by atoms with E-state index in [-0.39, 0.29) is 15.4 Å². The maximum Gasteiger partial charge on any atom is 0.272 e. The van der Waals surface area contributed by atoms with Crippen molar-refractivity contribution in [2.24, 2.45) is 0 Å². The van der Waals surface area contributed by atoms with E-state index in [1.165, 1.54) is 17.4 Å². The summed E-state index contributed by atoms with van der Waals surface area (Å²) in [6, 6.07) is 10.5. The van der Waals surface area contributed by atoms with Crippen molar-refractivity contribution >= 4 is 44.6 Å². The molecule has 0 radical (unpaired) electrons. The summed E-state index contributed by atoms with van der Waals surface area (Å²) in [5, 5.41) is 10.9. The maximum absolute atomic E-state index is 10.9. The quantitative estimate of drug-likeness (QED) is 0.445. The summed E-state index contributed by atoms with van der Waals surface area (Å²) in [6.07, 6.45) is 0.563. The molecule has 0 aliphatic rings. The van der Waals surface area contributed by atoms with Crippen LogP contribution < -0.4 is 0 Å². The Morgan fingerprint density at radius 2 is 2.06 bits per heavy atom. The maximum atomic E-state index is 10.9. The van der Waals surface area contributed by atoms with Gasteiger partial charge in [0.2, 0.25) is 0 Å². The van der Waals surface area contributed by atoms with Gasteiger partial charge in [-0.05, 0) is 18.6 Å². The highest BCUT2D eigenvalue weighted by Crippen LogP contribution is 2.35. The molecule has 0 fully saturated rings. The topological polar surface area (TPSA) is 43.1 Å². The second-order valence-corrected chi connectivity index (χ2v) is 6.55. The lowest BCUT2D eigenvalue weighted by molar-refractivity contribution is -0.385. The Hall–Kier alpha value is -0.910. The van der Waals surface area contributed by atoms with Gasteiger partial charge in [-0.3, -0.25) is 10.1 Å². The summed E-state index contributed by atoms with van der Waals surface area (Å²) < 4.78 is 0.719. The normalized spacial score (nSPS) is 12.3. The molecule has 0 aliphatic carbocycles. The van der Waals surface area contributed by atoms with E-state index in [9.17, 15) is 10.1 Å². The van der Waals surface area contributed by atoms with Crippen molar-refractivity contribution in [2.75, 3.05) is 0 Å². The SMILES string of the molecule is O=[N+]([O-])c1ccccc1CC(Br)c1ccc(Cl)s1. The van der Waals surface area contributed by atoms with Crippen LogP contribution in [0.25, 0.3) is 0 Å². The zero-order chi connectivity index (χ0) is 13.1. The number of hydrogen-bond donors (Lipinski definition) is 0. The highest BCUT2D eigenvalue weighted by molar-refractivity contribution is 9.09. The third-order valence-corrected chi connectivity index (χ3v) is 4.96. The fourth-order valence-electron chi connectivity index (χ4n) is 1.65. The fraction of sp³-hybridized carbons (Fsp3) is 0.167. The molecule has 1 aromatic heterocycles. The molecule has 18 heavy (non-hydrogen) atoms. The summed E-state index contributed by atoms with van der Waals surface area (Å²) in [7, 11) is 0. The predicted octanol–water partition coefficient (Wildman–Crippen LogP) is 4.99. The van der Waals surface area contributed by atoms with Crippen LogP contribution >= 0.6 is 38.9 Å². The first-order chi connectivity index (χ1) is 8.58. The van der Waals surface area contributed by atoms with Gasteiger partial charge in [-0.2, -0.15) is 0 Å². The number of nitro groups is 1. The molecule has 3 nitrogen and oxygen atoms in total. The van der Waals surface area contributed by atoms with Crippen LogP contribution in [0.4, 0.5) is 5.69 Å². The van der Waals surface area contributed by atoms with E-state index < -0.39 is 0 Å². The number of hydrogen-bond acceptors (Lipinski definition) is 3. The van der Waals surface area contributed by atoms with Crippen molar-refractivity contribution in [3.05, 3.63) is 61.3 Å². The first-order valence-corrected chi connectivity index (χ1v) is 7.30. The minimum Gasteiger partial charge on any atom is -0.258 e. The van der Waals surface area contributed by atoms with Crippen molar-refractivity contribution in [3.63, 3.8) is 0 Å². The van der Waals surface area contributed by atoms with Crippen molar-refractivity contribution < 1.29 is 4.92 Å². The second kappa shape index (κ2) is 5.82. The summed E-state index contributed by atoms with van der Waals surface area (Å²) in [6.45, 7) is 0. The lowest BCUT2D eigenvalue weighted by Crippen LogP contribution is -1.98. The average Bonchev–Trinajstić information content (AvgIpc) is 2.76. The number of benzene rings is 1. The molecule has 0 saturated carbocycles. The van der Waals surface area contributed by atoms with E-state index in [0.29, 0.717) is 12.0 Å². The van der Waals surface area contributed by atoms with Gasteiger partial charge in [0.25, 0.3) is 5.69 Å². The molecule has 1 aromatic carbocycles. The molecule has 1 atom stereocenters. The number of thiophene rings is 1. The van der Waals surface area contributed by atoms with Gasteiger partial charge in [0.05, 0.1) is 14.1 Å². The monoisotopic (exact) mass is 345 g/mol. The molecule has 0 aliphatic heterocycles. The number of alkyl halides is 1. The number of para-hydroxylation sites is 1. The molecular formula is C12H9BrClNO2S. The molecule has 94 valence electrons. The number of nitrogens with zero attached hydrogens (tertiary/aromatic N) is 1. The molecule has 0 saturated heterocycles. The van der Waals surface area contributed by atoms with Crippen LogP contribution in [0.1, 0.15) is 15.3 Å². The Balaban J connectivity index is 2.21. The second-order valence-electron chi connectivity index (χ2n) is 3.70. The van der Waals surface area contributed by atoms with Crippen LogP contribution in [0, 0.1) is 10.1 Å². The summed E-state index contributed by atoms with van der Waals surface area (Å²) in [5.41, 5.74) is 0.874. The summed E-state index contributed by atoms with van der Waals surface area (Å²) >= 11 is 10.9. The van der Waals surface area contributed by atoms with Crippen molar-refractivity contribution in [1.82, 2.24) is 0 Å². The van der Waals surface area contributed by atoms with Gasteiger partial charge >= 0.3 is 0 Å². The lowest BCUT2D eigenvalue weighted by Gasteiger charge is -2.07. The highest BCUT2D eigenvalue weighted by atomic mass is 79.9. The standard InChI is InChI=1S/C12H9BrClNO2S/c13-9(11-5-6-12(14)18-11)7-8-3-1-2-4-10(8)15(16)17/h1-6,9H,7H2. The zero-order valence-electron chi connectivity index (χ0n) is 9.18. The lowest BCUT2D eigenvalue weighted by atomic mass is 10.1. The Morgan fingerprint density at radius 3 is 2.67 bits per heavy atom. The molecule has 6 heteroatoms. The first-order valence-electron chi connectivity index (χ1n) is 5.19. The molecule has 1 unspecified atom stereocenters. The highest BCUT2D eigenvalue weighted by Gasteiger charge is 2.17. The third kappa shape index (κ3) is 3.10. The molecule has 2 rings (SSSR count). The minimum atomic E-state index is -0.351. The van der Waals surface area contributed by atoms with Gasteiger partial charge in [0.15, 0.2) is 0 Å². The van der Waals surface area contributed by atoms with E-state index in [1.54, 1.807) is 12.1 Å². The third-order valence-electron chi connectivity index (χ3n) is 2.49. The molecule has 1 heterocycles. The Labute approximate surface area is 122 Å². The number of rotatable bonds is 4. The summed E-state index contributed by atoms with van der Waals surface area (Å²) in [4.78, 5) is 11.7. The van der Waals surface area contributed by atoms with Crippen LogP contribution in [0.15, 0.2) is 36.4 Å². The van der Waals surface area contributed by atoms with Gasteiger partial charge in [-0.15, -0.1) is 11.3 Å². The van der Waals surface area contributed by atoms with Crippen LogP contribution in [0.5, 0.6) is 0 Å². The predicted molar refractivity (Wildman–Crippen MR) is 77.8 cm³/mol. The van der Waals surface area contributed by atoms with Gasteiger partial charge in [0.1, 0.15) is 0 Å². The van der Waals surface area contributed by atoms with Crippen LogP contribution in [-0.4, -0.2) is 4.92 Å². The van der Waals surface area contributed by atoms with E-state index in [1.807, 2.05) is 18.2 Å². The van der Waals surface area contributed by atoms with Crippen molar-refractivity contribution in [2.45, 2.75) is 11.2 Å². The van der Waals surface area contributed by atoms with Gasteiger partial charge in [-0.1, -0.05) is 45.7 Å². The van der Waals surface area contributed by atoms with Crippen LogP contribution in [-0.2, 0) is 6.42 Å².